The molecule has 0 aliphatic rings. The number of hydrogen-bond acceptors (Lipinski definition) is 2. The first-order valence-electron chi connectivity index (χ1n) is 5.53. The summed E-state index contributed by atoms with van der Waals surface area (Å²) in [4.78, 5) is 0. The Morgan fingerprint density at radius 3 is 2.88 bits per heavy atom. The van der Waals surface area contributed by atoms with Gasteiger partial charge in [-0.3, -0.25) is 0 Å². The maximum Gasteiger partial charge on any atom is 0.125 e. The molecule has 1 rings (SSSR count). The van der Waals surface area contributed by atoms with Crippen LogP contribution in [-0.2, 0) is 0 Å². The van der Waals surface area contributed by atoms with Crippen molar-refractivity contribution >= 4 is 27.5 Å². The number of nitrogens with one attached hydrogen (secondary N) is 1. The minimum absolute atomic E-state index is 0.242. The molecule has 1 aromatic carbocycles. The highest BCUT2D eigenvalue weighted by atomic mass is 79.9. The van der Waals surface area contributed by atoms with Gasteiger partial charge in [-0.15, -0.1) is 0 Å². The van der Waals surface area contributed by atoms with Crippen LogP contribution < -0.4 is 10.1 Å². The van der Waals surface area contributed by atoms with Crippen LogP contribution in [0.4, 0.5) is 0 Å². The second-order valence-electron chi connectivity index (χ2n) is 3.77. The summed E-state index contributed by atoms with van der Waals surface area (Å²) in [6, 6.07) is 6.24. The third-order valence-electron chi connectivity index (χ3n) is 2.34. The van der Waals surface area contributed by atoms with Crippen molar-refractivity contribution < 1.29 is 4.74 Å². The molecular formula is C13H17BrClNO. The van der Waals surface area contributed by atoms with E-state index in [1.54, 1.807) is 0 Å². The van der Waals surface area contributed by atoms with Gasteiger partial charge in [0.2, 0.25) is 0 Å². The van der Waals surface area contributed by atoms with Crippen molar-refractivity contribution in [2.24, 2.45) is 0 Å². The third kappa shape index (κ3) is 4.70. The Morgan fingerprint density at radius 2 is 2.29 bits per heavy atom. The maximum absolute atomic E-state index is 5.71. The lowest BCUT2D eigenvalue weighted by molar-refractivity contribution is 0.350. The van der Waals surface area contributed by atoms with Crippen LogP contribution in [0.25, 0.3) is 0 Å². The van der Waals surface area contributed by atoms with E-state index in [9.17, 15) is 0 Å². The summed E-state index contributed by atoms with van der Waals surface area (Å²) in [5, 5.41) is 3.85. The predicted molar refractivity (Wildman–Crippen MR) is 76.7 cm³/mol. The zero-order chi connectivity index (χ0) is 12.8. The van der Waals surface area contributed by atoms with Crippen molar-refractivity contribution in [3.05, 3.63) is 39.8 Å². The van der Waals surface area contributed by atoms with E-state index >= 15 is 0 Å². The lowest BCUT2D eigenvalue weighted by Crippen LogP contribution is -2.18. The molecule has 0 fully saturated rings. The molecule has 0 heterocycles. The van der Waals surface area contributed by atoms with E-state index in [2.05, 4.69) is 41.7 Å². The Labute approximate surface area is 116 Å². The first kappa shape index (κ1) is 14.6. The molecule has 17 heavy (non-hydrogen) atoms. The molecular weight excluding hydrogens is 302 g/mol. The SMILES string of the molecule is C=C(Cl)COc1cc(Br)ccc1C(C)NCC. The summed E-state index contributed by atoms with van der Waals surface area (Å²) < 4.78 is 6.63. The molecule has 1 atom stereocenters. The number of hydrogen-bond donors (Lipinski definition) is 1. The Kier molecular flexibility index (Phi) is 6.03. The molecule has 0 aliphatic heterocycles. The van der Waals surface area contributed by atoms with E-state index < -0.39 is 0 Å². The molecule has 0 radical (unpaired) electrons. The maximum atomic E-state index is 5.71. The van der Waals surface area contributed by atoms with Gasteiger partial charge >= 0.3 is 0 Å². The molecule has 0 aromatic heterocycles. The normalized spacial score (nSPS) is 12.2. The molecule has 0 amide bonds. The van der Waals surface area contributed by atoms with Gasteiger partial charge in [0.25, 0.3) is 0 Å². The van der Waals surface area contributed by atoms with Gasteiger partial charge in [0.15, 0.2) is 0 Å². The Bertz CT molecular complexity index is 395. The largest absolute Gasteiger partial charge is 0.488 e. The summed E-state index contributed by atoms with van der Waals surface area (Å²) >= 11 is 9.15. The summed E-state index contributed by atoms with van der Waals surface area (Å²) in [5.74, 6) is 0.828. The molecule has 1 aromatic rings. The lowest BCUT2D eigenvalue weighted by atomic mass is 10.1. The second kappa shape index (κ2) is 7.04. The van der Waals surface area contributed by atoms with Crippen LogP contribution in [0.1, 0.15) is 25.5 Å². The van der Waals surface area contributed by atoms with Crippen LogP contribution in [0.5, 0.6) is 5.75 Å². The van der Waals surface area contributed by atoms with Crippen LogP contribution in [0, 0.1) is 0 Å². The molecule has 94 valence electrons. The van der Waals surface area contributed by atoms with Gasteiger partial charge in [-0.25, -0.2) is 0 Å². The van der Waals surface area contributed by atoms with Crippen molar-refractivity contribution in [2.45, 2.75) is 19.9 Å². The van der Waals surface area contributed by atoms with Crippen LogP contribution in [0.15, 0.2) is 34.3 Å². The van der Waals surface area contributed by atoms with Gasteiger partial charge < -0.3 is 10.1 Å². The summed E-state index contributed by atoms with van der Waals surface area (Å²) in [6.45, 7) is 9.04. The molecule has 0 spiro atoms. The van der Waals surface area contributed by atoms with E-state index in [1.165, 1.54) is 0 Å². The van der Waals surface area contributed by atoms with E-state index in [0.717, 1.165) is 22.3 Å². The summed E-state index contributed by atoms with van der Waals surface area (Å²) in [6.07, 6.45) is 0. The van der Waals surface area contributed by atoms with Crippen molar-refractivity contribution in [2.75, 3.05) is 13.2 Å². The standard InChI is InChI=1S/C13H17BrClNO/c1-4-16-10(3)12-6-5-11(14)7-13(12)17-8-9(2)15/h5-7,10,16H,2,4,8H2,1,3H3. The molecule has 1 N–H and O–H groups in total. The van der Waals surface area contributed by atoms with E-state index in [-0.39, 0.29) is 6.04 Å². The molecule has 0 saturated heterocycles. The highest BCUT2D eigenvalue weighted by Crippen LogP contribution is 2.29. The summed E-state index contributed by atoms with van der Waals surface area (Å²) in [5.41, 5.74) is 1.12. The first-order chi connectivity index (χ1) is 8.04. The monoisotopic (exact) mass is 317 g/mol. The average molecular weight is 319 g/mol. The van der Waals surface area contributed by atoms with Crippen LogP contribution in [0.3, 0.4) is 0 Å². The lowest BCUT2D eigenvalue weighted by Gasteiger charge is -2.17. The van der Waals surface area contributed by atoms with Crippen LogP contribution in [-0.4, -0.2) is 13.2 Å². The second-order valence-corrected chi connectivity index (χ2v) is 5.22. The molecule has 0 saturated carbocycles. The van der Waals surface area contributed by atoms with Gasteiger partial charge in [0.1, 0.15) is 12.4 Å². The highest BCUT2D eigenvalue weighted by Gasteiger charge is 2.11. The fourth-order valence-corrected chi connectivity index (χ4v) is 1.96. The van der Waals surface area contributed by atoms with Crippen LogP contribution >= 0.6 is 27.5 Å². The fourth-order valence-electron chi connectivity index (χ4n) is 1.56. The molecule has 1 unspecified atom stereocenters. The van der Waals surface area contributed by atoms with Gasteiger partial charge in [-0.2, -0.15) is 0 Å². The van der Waals surface area contributed by atoms with Crippen molar-refractivity contribution in [1.29, 1.82) is 0 Å². The number of halogens is 2. The van der Waals surface area contributed by atoms with Gasteiger partial charge in [-0.05, 0) is 25.6 Å². The Morgan fingerprint density at radius 1 is 1.59 bits per heavy atom. The number of ether oxygens (including phenoxy) is 1. The zero-order valence-corrected chi connectivity index (χ0v) is 12.4. The van der Waals surface area contributed by atoms with Gasteiger partial charge in [0.05, 0.1) is 0 Å². The highest BCUT2D eigenvalue weighted by molar-refractivity contribution is 9.10. The minimum atomic E-state index is 0.242. The summed E-state index contributed by atoms with van der Waals surface area (Å²) in [7, 11) is 0. The molecule has 0 aliphatic carbocycles. The third-order valence-corrected chi connectivity index (χ3v) is 2.94. The minimum Gasteiger partial charge on any atom is -0.488 e. The predicted octanol–water partition coefficient (Wildman–Crippen LogP) is 4.25. The first-order valence-corrected chi connectivity index (χ1v) is 6.70. The molecule has 4 heteroatoms. The van der Waals surface area contributed by atoms with E-state index in [1.807, 2.05) is 18.2 Å². The Balaban J connectivity index is 2.90. The topological polar surface area (TPSA) is 21.3 Å². The van der Waals surface area contributed by atoms with Crippen molar-refractivity contribution in [3.8, 4) is 5.75 Å². The van der Waals surface area contributed by atoms with Gasteiger partial charge in [0, 0.05) is 21.1 Å². The quantitative estimate of drug-likeness (QED) is 0.846. The van der Waals surface area contributed by atoms with Crippen molar-refractivity contribution in [3.63, 3.8) is 0 Å². The number of benzene rings is 1. The van der Waals surface area contributed by atoms with Crippen molar-refractivity contribution in [1.82, 2.24) is 5.32 Å². The van der Waals surface area contributed by atoms with E-state index in [4.69, 9.17) is 16.3 Å². The molecule has 0 bridgehead atoms. The average Bonchev–Trinajstić information content (AvgIpc) is 2.26. The van der Waals surface area contributed by atoms with E-state index in [0.29, 0.717) is 11.6 Å². The smallest absolute Gasteiger partial charge is 0.125 e. The fraction of sp³-hybridized carbons (Fsp3) is 0.385. The van der Waals surface area contributed by atoms with Crippen LogP contribution in [0.2, 0.25) is 0 Å². The molecule has 2 nitrogen and oxygen atoms in total. The van der Waals surface area contributed by atoms with Gasteiger partial charge in [-0.1, -0.05) is 47.1 Å². The zero-order valence-electron chi connectivity index (χ0n) is 10.1. The Hall–Kier alpha value is -0.510. The number of rotatable bonds is 6.